The van der Waals surface area contributed by atoms with Gasteiger partial charge in [-0.05, 0) is 63.0 Å². The maximum atomic E-state index is 11.6. The second kappa shape index (κ2) is 10.2. The van der Waals surface area contributed by atoms with Crippen molar-refractivity contribution in [2.75, 3.05) is 20.3 Å². The lowest BCUT2D eigenvalue weighted by atomic mass is 9.90. The van der Waals surface area contributed by atoms with E-state index in [0.717, 1.165) is 51.6 Å². The predicted molar refractivity (Wildman–Crippen MR) is 105 cm³/mol. The summed E-state index contributed by atoms with van der Waals surface area (Å²) in [6.07, 6.45) is 6.54. The molecule has 5 atom stereocenters. The molecule has 1 saturated carbocycles. The first-order valence-corrected chi connectivity index (χ1v) is 11.1. The molecule has 1 aliphatic heterocycles. The molecule has 3 rings (SSSR count). The molecule has 1 saturated heterocycles. The molecule has 0 bridgehead atoms. The lowest BCUT2D eigenvalue weighted by molar-refractivity contribution is -0.197. The quantitative estimate of drug-likeness (QED) is 0.512. The number of aliphatic hydroxyl groups is 1. The van der Waals surface area contributed by atoms with E-state index in [1.165, 1.54) is 23.3 Å². The zero-order valence-corrected chi connectivity index (χ0v) is 17.3. The van der Waals surface area contributed by atoms with Crippen LogP contribution in [-0.4, -0.2) is 49.2 Å². The van der Waals surface area contributed by atoms with Gasteiger partial charge in [0.1, 0.15) is 4.88 Å². The zero-order valence-electron chi connectivity index (χ0n) is 15.8. The number of halogens is 1. The number of carbonyl (C=O) groups excluding carboxylic acids is 1. The Hall–Kier alpha value is -0.660. The maximum Gasteiger partial charge on any atom is 0.348 e. The molecule has 152 valence electrons. The van der Waals surface area contributed by atoms with Crippen molar-refractivity contribution in [3.8, 4) is 0 Å². The topological polar surface area (TPSA) is 65.0 Å². The standard InChI is InChI=1S/C20H29ClO5S/c1-24-20(23)18-9-8-13(27-18)5-4-6-14-15(12-22)17(11-16(14)21)26-19-7-2-3-10-25-19/h8-9,14-17,19,22H,2-7,10-12H2,1H3/t14?,15-,16-,17-,19?/m1/s1. The van der Waals surface area contributed by atoms with Gasteiger partial charge in [0.2, 0.25) is 0 Å². The molecule has 2 heterocycles. The summed E-state index contributed by atoms with van der Waals surface area (Å²) in [5, 5.41) is 9.95. The maximum absolute atomic E-state index is 11.6. The normalized spacial score (nSPS) is 31.1. The first-order chi connectivity index (χ1) is 13.1. The van der Waals surface area contributed by atoms with E-state index in [-0.39, 0.29) is 42.2 Å². The molecule has 1 aliphatic carbocycles. The summed E-state index contributed by atoms with van der Waals surface area (Å²) in [5.41, 5.74) is 0. The Kier molecular flexibility index (Phi) is 7.97. The number of hydrogen-bond acceptors (Lipinski definition) is 6. The number of alkyl halides is 1. The van der Waals surface area contributed by atoms with Crippen LogP contribution in [0, 0.1) is 11.8 Å². The van der Waals surface area contributed by atoms with Crippen molar-refractivity contribution in [2.45, 2.75) is 62.7 Å². The average Bonchev–Trinajstić information content (AvgIpc) is 3.27. The number of aliphatic hydroxyl groups excluding tert-OH is 1. The van der Waals surface area contributed by atoms with Gasteiger partial charge in [0.05, 0.1) is 13.2 Å². The fourth-order valence-corrected chi connectivity index (χ4v) is 5.62. The van der Waals surface area contributed by atoms with Crippen LogP contribution >= 0.6 is 22.9 Å². The van der Waals surface area contributed by atoms with Gasteiger partial charge in [-0.25, -0.2) is 4.79 Å². The van der Waals surface area contributed by atoms with Gasteiger partial charge >= 0.3 is 5.97 Å². The van der Waals surface area contributed by atoms with Crippen LogP contribution in [0.5, 0.6) is 0 Å². The van der Waals surface area contributed by atoms with Crippen LogP contribution in [0.1, 0.15) is 53.1 Å². The molecule has 0 amide bonds. The summed E-state index contributed by atoms with van der Waals surface area (Å²) < 4.78 is 16.6. The van der Waals surface area contributed by atoms with Crippen molar-refractivity contribution in [1.82, 2.24) is 0 Å². The van der Waals surface area contributed by atoms with Gasteiger partial charge < -0.3 is 19.3 Å². The molecule has 1 aromatic heterocycles. The fraction of sp³-hybridized carbons (Fsp3) is 0.750. The Morgan fingerprint density at radius 3 is 2.93 bits per heavy atom. The van der Waals surface area contributed by atoms with E-state index in [4.69, 9.17) is 25.8 Å². The lowest BCUT2D eigenvalue weighted by Gasteiger charge is -2.29. The first-order valence-electron chi connectivity index (χ1n) is 9.81. The van der Waals surface area contributed by atoms with Gasteiger partial charge in [-0.3, -0.25) is 0 Å². The third-order valence-corrected chi connectivity index (χ3v) is 7.26. The van der Waals surface area contributed by atoms with Crippen molar-refractivity contribution in [2.24, 2.45) is 11.8 Å². The molecule has 2 aliphatic rings. The van der Waals surface area contributed by atoms with Crippen LogP contribution in [0.25, 0.3) is 0 Å². The predicted octanol–water partition coefficient (Wildman–Crippen LogP) is 4.01. The highest BCUT2D eigenvalue weighted by molar-refractivity contribution is 7.13. The molecular weight excluding hydrogens is 388 g/mol. The summed E-state index contributed by atoms with van der Waals surface area (Å²) >= 11 is 8.10. The molecule has 7 heteroatoms. The number of rotatable bonds is 8. The second-order valence-corrected chi connectivity index (χ2v) is 9.11. The van der Waals surface area contributed by atoms with Crippen molar-refractivity contribution in [3.63, 3.8) is 0 Å². The monoisotopic (exact) mass is 416 g/mol. The first kappa shape index (κ1) is 21.1. The Morgan fingerprint density at radius 1 is 1.37 bits per heavy atom. The van der Waals surface area contributed by atoms with Gasteiger partial charge in [0, 0.05) is 29.4 Å². The van der Waals surface area contributed by atoms with E-state index in [1.807, 2.05) is 12.1 Å². The largest absolute Gasteiger partial charge is 0.465 e. The van der Waals surface area contributed by atoms with Crippen molar-refractivity contribution >= 4 is 28.9 Å². The highest BCUT2D eigenvalue weighted by atomic mass is 35.5. The summed E-state index contributed by atoms with van der Waals surface area (Å²) in [4.78, 5) is 13.4. The minimum absolute atomic E-state index is 0.0182. The van der Waals surface area contributed by atoms with Crippen molar-refractivity contribution < 1.29 is 24.1 Å². The minimum Gasteiger partial charge on any atom is -0.465 e. The molecule has 0 aromatic carbocycles. The van der Waals surface area contributed by atoms with Crippen molar-refractivity contribution in [1.29, 1.82) is 0 Å². The minimum atomic E-state index is -0.284. The van der Waals surface area contributed by atoms with Crippen LogP contribution in [0.2, 0.25) is 0 Å². The van der Waals surface area contributed by atoms with E-state index in [2.05, 4.69) is 0 Å². The second-order valence-electron chi connectivity index (χ2n) is 7.38. The van der Waals surface area contributed by atoms with Gasteiger partial charge in [0.15, 0.2) is 6.29 Å². The van der Waals surface area contributed by atoms with E-state index in [9.17, 15) is 9.90 Å². The van der Waals surface area contributed by atoms with Crippen LogP contribution in [0.3, 0.4) is 0 Å². The Morgan fingerprint density at radius 2 is 2.22 bits per heavy atom. The van der Waals surface area contributed by atoms with Crippen LogP contribution in [0.15, 0.2) is 12.1 Å². The number of methoxy groups -OCH3 is 1. The smallest absolute Gasteiger partial charge is 0.348 e. The zero-order chi connectivity index (χ0) is 19.2. The summed E-state index contributed by atoms with van der Waals surface area (Å²) in [5.74, 6) is 0.0189. The van der Waals surface area contributed by atoms with Crippen LogP contribution in [0.4, 0.5) is 0 Å². The van der Waals surface area contributed by atoms with E-state index >= 15 is 0 Å². The molecule has 2 unspecified atom stereocenters. The third-order valence-electron chi connectivity index (χ3n) is 5.63. The Labute approximate surface area is 169 Å². The Balaban J connectivity index is 1.49. The molecule has 0 spiro atoms. The summed E-state index contributed by atoms with van der Waals surface area (Å²) in [6, 6.07) is 3.80. The van der Waals surface area contributed by atoms with Crippen molar-refractivity contribution in [3.05, 3.63) is 21.9 Å². The number of esters is 1. The molecule has 1 aromatic rings. The van der Waals surface area contributed by atoms with Gasteiger partial charge in [-0.1, -0.05) is 0 Å². The Bertz CT molecular complexity index is 601. The average molecular weight is 417 g/mol. The van der Waals surface area contributed by atoms with E-state index in [1.54, 1.807) is 0 Å². The summed E-state index contributed by atoms with van der Waals surface area (Å²) in [6.45, 7) is 0.847. The number of hydrogen-bond donors (Lipinski definition) is 1. The molecule has 5 nitrogen and oxygen atoms in total. The molecule has 1 N–H and O–H groups in total. The number of thiophene rings is 1. The van der Waals surface area contributed by atoms with Gasteiger partial charge in [0.25, 0.3) is 0 Å². The highest BCUT2D eigenvalue weighted by Crippen LogP contribution is 2.41. The molecule has 0 radical (unpaired) electrons. The number of ether oxygens (including phenoxy) is 3. The molecular formula is C20H29ClO5S. The number of aryl methyl sites for hydroxylation is 1. The van der Waals surface area contributed by atoms with Gasteiger partial charge in [-0.15, -0.1) is 22.9 Å². The van der Waals surface area contributed by atoms with Crippen LogP contribution in [-0.2, 0) is 20.6 Å². The van der Waals surface area contributed by atoms with E-state index < -0.39 is 0 Å². The van der Waals surface area contributed by atoms with Gasteiger partial charge in [-0.2, -0.15) is 0 Å². The van der Waals surface area contributed by atoms with Crippen LogP contribution < -0.4 is 0 Å². The number of carbonyl (C=O) groups is 1. The van der Waals surface area contributed by atoms with E-state index in [0.29, 0.717) is 4.88 Å². The molecule has 27 heavy (non-hydrogen) atoms. The molecule has 2 fully saturated rings. The summed E-state index contributed by atoms with van der Waals surface area (Å²) in [7, 11) is 1.40. The third kappa shape index (κ3) is 5.45. The lowest BCUT2D eigenvalue weighted by Crippen LogP contribution is -2.33. The SMILES string of the molecule is COC(=O)c1ccc(CCCC2[C@H](Cl)C[C@@H](OC3CCCCO3)[C@@H]2CO)s1. The highest BCUT2D eigenvalue weighted by Gasteiger charge is 2.43. The fourth-order valence-electron chi connectivity index (χ4n) is 4.17.